The van der Waals surface area contributed by atoms with Crippen molar-refractivity contribution in [2.24, 2.45) is 0 Å². The van der Waals surface area contributed by atoms with Crippen molar-refractivity contribution in [3.8, 4) is 11.4 Å². The van der Waals surface area contributed by atoms with E-state index in [0.29, 0.717) is 28.0 Å². The van der Waals surface area contributed by atoms with E-state index in [1.54, 1.807) is 24.8 Å². The molecular weight excluding hydrogens is 423 g/mol. The second kappa shape index (κ2) is 8.58. The Balaban J connectivity index is 1.50. The molecular formula is C22H22Cl2N4O2. The molecule has 30 heavy (non-hydrogen) atoms. The molecule has 1 aliphatic rings. The highest BCUT2D eigenvalue weighted by Crippen LogP contribution is 2.33. The number of ether oxygens (including phenoxy) is 1. The number of anilines is 1. The first kappa shape index (κ1) is 20.6. The minimum Gasteiger partial charge on any atom is -0.495 e. The number of benzene rings is 2. The van der Waals surface area contributed by atoms with Crippen molar-refractivity contribution in [2.75, 3.05) is 25.1 Å². The SMILES string of the molecule is COc1ccc(Cl)cc1N1CCC(NC(=O)c2c(C)nn(-c3ccccc3)c2Cl)C1. The van der Waals surface area contributed by atoms with Gasteiger partial charge in [0.15, 0.2) is 0 Å². The number of hydrogen-bond acceptors (Lipinski definition) is 4. The maximum atomic E-state index is 13.0. The summed E-state index contributed by atoms with van der Waals surface area (Å²) in [5, 5.41) is 8.51. The lowest BCUT2D eigenvalue weighted by molar-refractivity contribution is 0.0940. The van der Waals surface area contributed by atoms with Gasteiger partial charge < -0.3 is 15.0 Å². The largest absolute Gasteiger partial charge is 0.495 e. The maximum absolute atomic E-state index is 13.0. The number of aryl methyl sites for hydroxylation is 1. The van der Waals surface area contributed by atoms with Gasteiger partial charge in [0, 0.05) is 24.2 Å². The number of nitrogens with one attached hydrogen (secondary N) is 1. The normalized spacial score (nSPS) is 16.0. The first-order valence-electron chi connectivity index (χ1n) is 9.68. The number of nitrogens with zero attached hydrogens (tertiary/aromatic N) is 3. The fraction of sp³-hybridized carbons (Fsp3) is 0.273. The molecule has 3 aromatic rings. The van der Waals surface area contributed by atoms with E-state index in [2.05, 4.69) is 15.3 Å². The average molecular weight is 445 g/mol. The number of aromatic nitrogens is 2. The lowest BCUT2D eigenvalue weighted by Gasteiger charge is -2.21. The van der Waals surface area contributed by atoms with E-state index in [9.17, 15) is 4.79 Å². The smallest absolute Gasteiger partial charge is 0.256 e. The van der Waals surface area contributed by atoms with Gasteiger partial charge in [-0.1, -0.05) is 41.4 Å². The van der Waals surface area contributed by atoms with Crippen LogP contribution in [0.5, 0.6) is 5.75 Å². The van der Waals surface area contributed by atoms with E-state index >= 15 is 0 Å². The maximum Gasteiger partial charge on any atom is 0.256 e. The summed E-state index contributed by atoms with van der Waals surface area (Å²) >= 11 is 12.7. The fourth-order valence-electron chi connectivity index (χ4n) is 3.76. The van der Waals surface area contributed by atoms with Crippen LogP contribution in [-0.4, -0.2) is 41.9 Å². The lowest BCUT2D eigenvalue weighted by atomic mass is 10.2. The highest BCUT2D eigenvalue weighted by molar-refractivity contribution is 6.33. The monoisotopic (exact) mass is 444 g/mol. The molecule has 156 valence electrons. The van der Waals surface area contributed by atoms with Gasteiger partial charge in [0.2, 0.25) is 0 Å². The first-order chi connectivity index (χ1) is 14.5. The van der Waals surface area contributed by atoms with Gasteiger partial charge in [0.1, 0.15) is 10.9 Å². The van der Waals surface area contributed by atoms with Crippen molar-refractivity contribution in [2.45, 2.75) is 19.4 Å². The average Bonchev–Trinajstić information content (AvgIpc) is 3.32. The third-order valence-corrected chi connectivity index (χ3v) is 5.82. The van der Waals surface area contributed by atoms with Crippen LogP contribution in [-0.2, 0) is 0 Å². The summed E-state index contributed by atoms with van der Waals surface area (Å²) in [5.41, 5.74) is 2.73. The van der Waals surface area contributed by atoms with E-state index in [-0.39, 0.29) is 11.9 Å². The number of carbonyl (C=O) groups excluding carboxylic acids is 1. The zero-order valence-corrected chi connectivity index (χ0v) is 18.2. The van der Waals surface area contributed by atoms with Crippen LogP contribution in [0, 0.1) is 6.92 Å². The van der Waals surface area contributed by atoms with Crippen molar-refractivity contribution in [3.05, 3.63) is 70.0 Å². The molecule has 0 saturated carbocycles. The highest BCUT2D eigenvalue weighted by atomic mass is 35.5. The summed E-state index contributed by atoms with van der Waals surface area (Å²) in [6.07, 6.45) is 0.810. The molecule has 0 spiro atoms. The van der Waals surface area contributed by atoms with Crippen LogP contribution in [0.3, 0.4) is 0 Å². The van der Waals surface area contributed by atoms with Gasteiger partial charge in [-0.3, -0.25) is 4.79 Å². The molecule has 1 atom stereocenters. The van der Waals surface area contributed by atoms with Crippen LogP contribution in [0.15, 0.2) is 48.5 Å². The second-order valence-corrected chi connectivity index (χ2v) is 8.01. The van der Waals surface area contributed by atoms with E-state index in [0.717, 1.165) is 30.1 Å². The van der Waals surface area contributed by atoms with Crippen LogP contribution < -0.4 is 15.0 Å². The third kappa shape index (κ3) is 3.98. The van der Waals surface area contributed by atoms with E-state index < -0.39 is 0 Å². The molecule has 1 aromatic heterocycles. The number of rotatable bonds is 5. The van der Waals surface area contributed by atoms with Gasteiger partial charge in [-0.05, 0) is 43.7 Å². The van der Waals surface area contributed by atoms with Crippen molar-refractivity contribution < 1.29 is 9.53 Å². The Bertz CT molecular complexity index is 1070. The molecule has 0 aliphatic carbocycles. The summed E-state index contributed by atoms with van der Waals surface area (Å²) in [7, 11) is 1.64. The Labute approximate surface area is 185 Å². The molecule has 1 amide bonds. The minimum atomic E-state index is -0.218. The number of methoxy groups -OCH3 is 1. The van der Waals surface area contributed by atoms with Gasteiger partial charge >= 0.3 is 0 Å². The number of halogens is 2. The lowest BCUT2D eigenvalue weighted by Crippen LogP contribution is -2.37. The quantitative estimate of drug-likeness (QED) is 0.628. The first-order valence-corrected chi connectivity index (χ1v) is 10.4. The summed E-state index contributed by atoms with van der Waals surface area (Å²) in [4.78, 5) is 15.2. The second-order valence-electron chi connectivity index (χ2n) is 7.22. The van der Waals surface area contributed by atoms with Crippen molar-refractivity contribution in [3.63, 3.8) is 0 Å². The van der Waals surface area contributed by atoms with Gasteiger partial charge in [-0.15, -0.1) is 0 Å². The molecule has 1 N–H and O–H groups in total. The number of hydrogen-bond donors (Lipinski definition) is 1. The topological polar surface area (TPSA) is 59.4 Å². The van der Waals surface area contributed by atoms with Crippen LogP contribution in [0.4, 0.5) is 5.69 Å². The van der Waals surface area contributed by atoms with Gasteiger partial charge in [-0.25, -0.2) is 4.68 Å². The molecule has 4 rings (SSSR count). The van der Waals surface area contributed by atoms with Gasteiger partial charge in [0.25, 0.3) is 5.91 Å². The molecule has 1 unspecified atom stereocenters. The van der Waals surface area contributed by atoms with E-state index in [4.69, 9.17) is 27.9 Å². The Kier molecular flexibility index (Phi) is 5.88. The Hall–Kier alpha value is -2.70. The van der Waals surface area contributed by atoms with Crippen molar-refractivity contribution >= 4 is 34.8 Å². The zero-order chi connectivity index (χ0) is 21.3. The molecule has 6 nitrogen and oxygen atoms in total. The van der Waals surface area contributed by atoms with Gasteiger partial charge in [0.05, 0.1) is 29.7 Å². The summed E-state index contributed by atoms with van der Waals surface area (Å²) in [5.74, 6) is 0.541. The summed E-state index contributed by atoms with van der Waals surface area (Å²) in [6.45, 7) is 3.24. The van der Waals surface area contributed by atoms with Crippen LogP contribution in [0.2, 0.25) is 10.2 Å². The number of carbonyl (C=O) groups is 1. The predicted molar refractivity (Wildman–Crippen MR) is 119 cm³/mol. The Morgan fingerprint density at radius 3 is 2.70 bits per heavy atom. The summed E-state index contributed by atoms with van der Waals surface area (Å²) < 4.78 is 7.05. The van der Waals surface area contributed by atoms with Crippen LogP contribution in [0.1, 0.15) is 22.5 Å². The highest BCUT2D eigenvalue weighted by Gasteiger charge is 2.29. The van der Waals surface area contributed by atoms with E-state index in [1.807, 2.05) is 42.5 Å². The van der Waals surface area contributed by atoms with Crippen molar-refractivity contribution in [1.82, 2.24) is 15.1 Å². The number of amides is 1. The van der Waals surface area contributed by atoms with Gasteiger partial charge in [-0.2, -0.15) is 5.10 Å². The predicted octanol–water partition coefficient (Wildman–Crippen LogP) is 4.50. The molecule has 0 bridgehead atoms. The molecule has 1 aliphatic heterocycles. The number of para-hydroxylation sites is 1. The molecule has 2 aromatic carbocycles. The van der Waals surface area contributed by atoms with Crippen molar-refractivity contribution in [1.29, 1.82) is 0 Å². The Morgan fingerprint density at radius 2 is 1.97 bits per heavy atom. The standard InChI is InChI=1S/C22H22Cl2N4O2/c1-14-20(21(24)28(26-14)17-6-4-3-5-7-17)22(29)25-16-10-11-27(13-16)18-12-15(23)8-9-19(18)30-2/h3-9,12,16H,10-11,13H2,1-2H3,(H,25,29). The van der Waals surface area contributed by atoms with Crippen LogP contribution >= 0.6 is 23.2 Å². The zero-order valence-electron chi connectivity index (χ0n) is 16.7. The molecule has 0 radical (unpaired) electrons. The molecule has 1 saturated heterocycles. The van der Waals surface area contributed by atoms with E-state index in [1.165, 1.54) is 0 Å². The van der Waals surface area contributed by atoms with Crippen LogP contribution in [0.25, 0.3) is 5.69 Å². The molecule has 1 fully saturated rings. The minimum absolute atomic E-state index is 0.0169. The molecule has 8 heteroatoms. The summed E-state index contributed by atoms with van der Waals surface area (Å²) in [6, 6.07) is 15.0. The third-order valence-electron chi connectivity index (χ3n) is 5.24. The molecule has 2 heterocycles. The fourth-order valence-corrected chi connectivity index (χ4v) is 4.29. The Morgan fingerprint density at radius 1 is 1.20 bits per heavy atom.